The summed E-state index contributed by atoms with van der Waals surface area (Å²) in [5.74, 6) is 0.765. The van der Waals surface area contributed by atoms with Crippen molar-refractivity contribution in [2.24, 2.45) is 0 Å². The first kappa shape index (κ1) is 22.1. The summed E-state index contributed by atoms with van der Waals surface area (Å²) in [6, 6.07) is 12.0. The normalized spacial score (nSPS) is 17.3. The van der Waals surface area contributed by atoms with E-state index >= 15 is 0 Å². The van der Waals surface area contributed by atoms with Crippen LogP contribution in [0.2, 0.25) is 5.02 Å². The first-order valence-corrected chi connectivity index (χ1v) is 12.8. The smallest absolute Gasteiger partial charge is 0.259 e. The predicted octanol–water partition coefficient (Wildman–Crippen LogP) is 3.55. The van der Waals surface area contributed by atoms with Gasteiger partial charge in [0.05, 0.1) is 16.1 Å². The first-order valence-electron chi connectivity index (χ1n) is 11.0. The van der Waals surface area contributed by atoms with Gasteiger partial charge in [-0.25, -0.2) is 18.4 Å². The number of hydrogen-bond acceptors (Lipinski definition) is 6. The topological polar surface area (TPSA) is 86.7 Å². The van der Waals surface area contributed by atoms with Gasteiger partial charge in [0.1, 0.15) is 4.90 Å². The van der Waals surface area contributed by atoms with E-state index < -0.39 is 10.0 Å². The maximum atomic E-state index is 13.7. The summed E-state index contributed by atoms with van der Waals surface area (Å²) >= 11 is 6.28. The Morgan fingerprint density at radius 1 is 0.909 bits per heavy atom. The Balaban J connectivity index is 1.57. The molecule has 1 saturated heterocycles. The van der Waals surface area contributed by atoms with Gasteiger partial charge in [-0.1, -0.05) is 23.7 Å². The van der Waals surface area contributed by atoms with Crippen LogP contribution in [0.25, 0.3) is 11.0 Å². The Kier molecular flexibility index (Phi) is 5.72. The van der Waals surface area contributed by atoms with E-state index in [4.69, 9.17) is 21.6 Å². The highest BCUT2D eigenvalue weighted by molar-refractivity contribution is 7.89. The van der Waals surface area contributed by atoms with Crippen molar-refractivity contribution in [1.82, 2.24) is 14.3 Å². The summed E-state index contributed by atoms with van der Waals surface area (Å²) in [5.41, 5.74) is 1.70. The van der Waals surface area contributed by atoms with Crippen molar-refractivity contribution in [3.8, 4) is 0 Å². The number of carbonyl (C=O) groups excluding carboxylic acids is 1. The molecule has 1 fully saturated rings. The van der Waals surface area contributed by atoms with Crippen LogP contribution in [-0.4, -0.2) is 61.8 Å². The average Bonchev–Trinajstić information content (AvgIpc) is 3.32. The maximum Gasteiger partial charge on any atom is 0.259 e. The van der Waals surface area contributed by atoms with Crippen molar-refractivity contribution in [3.63, 3.8) is 0 Å². The zero-order valence-electron chi connectivity index (χ0n) is 18.2. The Morgan fingerprint density at radius 3 is 2.27 bits per heavy atom. The molecule has 1 amide bonds. The minimum atomic E-state index is -3.77. The molecule has 8 nitrogen and oxygen atoms in total. The van der Waals surface area contributed by atoms with Gasteiger partial charge in [0.15, 0.2) is 11.6 Å². The van der Waals surface area contributed by atoms with Crippen LogP contribution in [0.3, 0.4) is 0 Å². The fourth-order valence-corrected chi connectivity index (χ4v) is 6.37. The number of rotatable bonds is 3. The number of benzene rings is 2. The van der Waals surface area contributed by atoms with E-state index in [2.05, 4.69) is 0 Å². The second kappa shape index (κ2) is 8.55. The lowest BCUT2D eigenvalue weighted by molar-refractivity contribution is 0.0986. The molecule has 0 aliphatic carbocycles. The quantitative estimate of drug-likeness (QED) is 0.563. The summed E-state index contributed by atoms with van der Waals surface area (Å²) in [5, 5.41) is 0.111. The number of anilines is 2. The second-order valence-corrected chi connectivity index (χ2v) is 10.7. The molecular formula is C23H24ClN5O3S. The number of para-hydroxylation sites is 2. The summed E-state index contributed by atoms with van der Waals surface area (Å²) in [6.07, 6.45) is 2.36. The maximum absolute atomic E-state index is 13.7. The molecule has 2 aliphatic rings. The number of sulfonamides is 1. The van der Waals surface area contributed by atoms with Gasteiger partial charge in [-0.3, -0.25) is 9.69 Å². The van der Waals surface area contributed by atoms with Crippen LogP contribution in [-0.2, 0) is 10.0 Å². The summed E-state index contributed by atoms with van der Waals surface area (Å²) < 4.78 is 27.7. The van der Waals surface area contributed by atoms with Crippen molar-refractivity contribution in [2.45, 2.75) is 24.2 Å². The van der Waals surface area contributed by atoms with Crippen LogP contribution in [0.4, 0.5) is 11.6 Å². The lowest BCUT2D eigenvalue weighted by Gasteiger charge is -2.23. The molecule has 10 heteroatoms. The number of carbonyl (C=O) groups is 1. The number of fused-ring (bicyclic) bond motifs is 2. The Morgan fingerprint density at radius 2 is 1.58 bits per heavy atom. The van der Waals surface area contributed by atoms with Crippen molar-refractivity contribution < 1.29 is 13.2 Å². The van der Waals surface area contributed by atoms with Crippen molar-refractivity contribution in [2.75, 3.05) is 43.0 Å². The fourth-order valence-electron chi connectivity index (χ4n) is 4.35. The SMILES string of the molecule is CN1CCCN(C(=O)c2ccc(Cl)c(S(=O)(=O)N3CCCC3)c2)c2nc3ccccc3nc21. The number of hydrogen-bond donors (Lipinski definition) is 0. The van der Waals surface area contributed by atoms with Crippen molar-refractivity contribution in [3.05, 3.63) is 53.1 Å². The highest BCUT2D eigenvalue weighted by Crippen LogP contribution is 2.33. The highest BCUT2D eigenvalue weighted by Gasteiger charge is 2.32. The highest BCUT2D eigenvalue weighted by atomic mass is 35.5. The molecule has 5 rings (SSSR count). The molecule has 172 valence electrons. The second-order valence-electron chi connectivity index (χ2n) is 8.35. The molecule has 0 saturated carbocycles. The van der Waals surface area contributed by atoms with Crippen molar-refractivity contribution >= 4 is 50.2 Å². The van der Waals surface area contributed by atoms with E-state index in [0.717, 1.165) is 31.3 Å². The third-order valence-corrected chi connectivity index (χ3v) is 8.51. The van der Waals surface area contributed by atoms with Gasteiger partial charge in [-0.15, -0.1) is 0 Å². The minimum absolute atomic E-state index is 0.0336. The van der Waals surface area contributed by atoms with Crippen LogP contribution in [0.5, 0.6) is 0 Å². The number of nitrogens with zero attached hydrogens (tertiary/aromatic N) is 5. The number of halogens is 1. The molecule has 0 N–H and O–H groups in total. The lowest BCUT2D eigenvalue weighted by atomic mass is 10.2. The molecule has 2 aromatic carbocycles. The van der Waals surface area contributed by atoms with Crippen LogP contribution in [0.1, 0.15) is 29.6 Å². The largest absolute Gasteiger partial charge is 0.357 e. The van der Waals surface area contributed by atoms with E-state index in [9.17, 15) is 13.2 Å². The molecule has 2 aliphatic heterocycles. The molecule has 0 radical (unpaired) electrons. The standard InChI is InChI=1S/C23H24ClN5O3S/c1-27-11-6-14-29(22-21(27)25-18-7-2-3-8-19(18)26-22)23(30)16-9-10-17(24)20(15-16)33(31,32)28-12-4-5-13-28/h2-3,7-10,15H,4-6,11-14H2,1H3. The summed E-state index contributed by atoms with van der Waals surface area (Å²) in [4.78, 5) is 26.7. The number of amides is 1. The van der Waals surface area contributed by atoms with E-state index in [1.807, 2.05) is 36.2 Å². The van der Waals surface area contributed by atoms with Crippen LogP contribution in [0.15, 0.2) is 47.4 Å². The zero-order valence-corrected chi connectivity index (χ0v) is 19.8. The molecule has 0 spiro atoms. The van der Waals surface area contributed by atoms with E-state index in [1.54, 1.807) is 11.0 Å². The van der Waals surface area contributed by atoms with Gasteiger partial charge in [-0.05, 0) is 49.6 Å². The first-order chi connectivity index (χ1) is 15.9. The molecule has 0 atom stereocenters. The summed E-state index contributed by atoms with van der Waals surface area (Å²) in [6.45, 7) is 2.09. The molecule has 3 heterocycles. The van der Waals surface area contributed by atoms with Crippen molar-refractivity contribution in [1.29, 1.82) is 0 Å². The predicted molar refractivity (Wildman–Crippen MR) is 129 cm³/mol. The van der Waals surface area contributed by atoms with E-state index in [1.165, 1.54) is 16.4 Å². The zero-order chi connectivity index (χ0) is 23.2. The summed E-state index contributed by atoms with van der Waals surface area (Å²) in [7, 11) is -1.84. The lowest BCUT2D eigenvalue weighted by Crippen LogP contribution is -2.33. The average molecular weight is 486 g/mol. The van der Waals surface area contributed by atoms with Gasteiger partial charge in [0.2, 0.25) is 10.0 Å². The van der Waals surface area contributed by atoms with Crippen LogP contribution < -0.4 is 9.80 Å². The third kappa shape index (κ3) is 3.94. The van der Waals surface area contributed by atoms with Crippen LogP contribution >= 0.6 is 11.6 Å². The molecule has 3 aromatic rings. The Bertz CT molecular complexity index is 1340. The van der Waals surface area contributed by atoms with Gasteiger partial charge < -0.3 is 4.90 Å². The molecule has 0 unspecified atom stereocenters. The Hall–Kier alpha value is -2.75. The Labute approximate surface area is 197 Å². The monoisotopic (exact) mass is 485 g/mol. The minimum Gasteiger partial charge on any atom is -0.357 e. The molecule has 0 bridgehead atoms. The molecular weight excluding hydrogens is 462 g/mol. The van der Waals surface area contributed by atoms with Crippen LogP contribution in [0, 0.1) is 0 Å². The van der Waals surface area contributed by atoms with Gasteiger partial charge in [-0.2, -0.15) is 4.31 Å². The van der Waals surface area contributed by atoms with Gasteiger partial charge in [0.25, 0.3) is 5.91 Å². The van der Waals surface area contributed by atoms with Gasteiger partial charge in [0, 0.05) is 38.8 Å². The van der Waals surface area contributed by atoms with E-state index in [-0.39, 0.29) is 21.4 Å². The third-order valence-electron chi connectivity index (χ3n) is 6.13. The van der Waals surface area contributed by atoms with Gasteiger partial charge >= 0.3 is 0 Å². The fraction of sp³-hybridized carbons (Fsp3) is 0.348. The van der Waals surface area contributed by atoms with E-state index in [0.29, 0.717) is 36.8 Å². The number of aromatic nitrogens is 2. The molecule has 33 heavy (non-hydrogen) atoms. The molecule has 1 aromatic heterocycles.